The zero-order valence-electron chi connectivity index (χ0n) is 8.21. The Morgan fingerprint density at radius 3 is 2.53 bits per heavy atom. The zero-order chi connectivity index (χ0) is 10.8. The summed E-state index contributed by atoms with van der Waals surface area (Å²) in [5, 5.41) is 8.84. The third-order valence-electron chi connectivity index (χ3n) is 2.14. The minimum Gasteiger partial charge on any atom is -0.475 e. The summed E-state index contributed by atoms with van der Waals surface area (Å²) in [6.45, 7) is 0. The number of aromatic carboxylic acids is 1. The van der Waals surface area contributed by atoms with Gasteiger partial charge in [-0.1, -0.05) is 30.3 Å². The average Bonchev–Trinajstić information content (AvgIpc) is 2.62. The van der Waals surface area contributed by atoms with Crippen molar-refractivity contribution >= 4 is 5.97 Å². The fraction of sp³-hybridized carbons (Fsp3) is 0.0909. The van der Waals surface area contributed by atoms with Gasteiger partial charge in [-0.05, 0) is 0 Å². The van der Waals surface area contributed by atoms with E-state index >= 15 is 0 Å². The Labute approximate surface area is 86.8 Å². The zero-order valence-corrected chi connectivity index (χ0v) is 8.21. The van der Waals surface area contributed by atoms with E-state index in [0.29, 0.717) is 5.69 Å². The molecule has 0 aliphatic heterocycles. The first-order valence-corrected chi connectivity index (χ1v) is 4.50. The highest BCUT2D eigenvalue weighted by Crippen LogP contribution is 2.17. The van der Waals surface area contributed by atoms with E-state index in [1.165, 1.54) is 4.57 Å². The van der Waals surface area contributed by atoms with E-state index in [0.717, 1.165) is 5.56 Å². The third-order valence-corrected chi connectivity index (χ3v) is 2.14. The summed E-state index contributed by atoms with van der Waals surface area (Å²) < 4.78 is 1.50. The Kier molecular flexibility index (Phi) is 2.25. The van der Waals surface area contributed by atoms with Gasteiger partial charge in [-0.25, -0.2) is 9.78 Å². The van der Waals surface area contributed by atoms with Crippen molar-refractivity contribution in [2.75, 3.05) is 0 Å². The van der Waals surface area contributed by atoms with Crippen molar-refractivity contribution in [3.8, 4) is 11.3 Å². The van der Waals surface area contributed by atoms with E-state index in [-0.39, 0.29) is 5.82 Å². The Hall–Kier alpha value is -2.10. The van der Waals surface area contributed by atoms with Crippen molar-refractivity contribution in [3.63, 3.8) is 0 Å². The van der Waals surface area contributed by atoms with E-state index in [1.807, 2.05) is 30.3 Å². The lowest BCUT2D eigenvalue weighted by atomic mass is 10.2. The molecule has 0 saturated heterocycles. The van der Waals surface area contributed by atoms with E-state index < -0.39 is 5.97 Å². The largest absolute Gasteiger partial charge is 0.475 e. The maximum Gasteiger partial charge on any atom is 0.372 e. The fourth-order valence-electron chi connectivity index (χ4n) is 1.41. The number of carbonyl (C=O) groups is 1. The van der Waals surface area contributed by atoms with E-state index in [2.05, 4.69) is 4.98 Å². The Morgan fingerprint density at radius 2 is 2.00 bits per heavy atom. The van der Waals surface area contributed by atoms with Gasteiger partial charge in [0, 0.05) is 18.8 Å². The number of hydrogen-bond acceptors (Lipinski definition) is 2. The quantitative estimate of drug-likeness (QED) is 0.807. The SMILES string of the molecule is Cn1cc(-c2ccccc2)nc1C(=O)O. The van der Waals surface area contributed by atoms with Crippen LogP contribution in [0.1, 0.15) is 10.6 Å². The summed E-state index contributed by atoms with van der Waals surface area (Å²) in [7, 11) is 1.67. The predicted molar refractivity (Wildman–Crippen MR) is 55.6 cm³/mol. The number of benzene rings is 1. The Morgan fingerprint density at radius 1 is 1.33 bits per heavy atom. The molecule has 0 saturated carbocycles. The average molecular weight is 202 g/mol. The van der Waals surface area contributed by atoms with Crippen LogP contribution in [-0.4, -0.2) is 20.6 Å². The first-order chi connectivity index (χ1) is 7.18. The van der Waals surface area contributed by atoms with Gasteiger partial charge in [0.1, 0.15) is 0 Å². The lowest BCUT2D eigenvalue weighted by Gasteiger charge is -1.92. The number of carboxylic acids is 1. The second kappa shape index (κ2) is 3.57. The molecule has 2 aromatic rings. The lowest BCUT2D eigenvalue weighted by molar-refractivity contribution is 0.0680. The summed E-state index contributed by atoms with van der Waals surface area (Å²) in [5.41, 5.74) is 1.59. The van der Waals surface area contributed by atoms with Crippen molar-refractivity contribution in [2.45, 2.75) is 0 Å². The standard InChI is InChI=1S/C11H10N2O2/c1-13-7-9(12-10(13)11(14)15)8-5-3-2-4-6-8/h2-7H,1H3,(H,14,15). The first-order valence-electron chi connectivity index (χ1n) is 4.50. The minimum atomic E-state index is -1.01. The van der Waals surface area contributed by atoms with Gasteiger partial charge >= 0.3 is 5.97 Å². The summed E-state index contributed by atoms with van der Waals surface area (Å²) >= 11 is 0. The molecule has 0 aliphatic carbocycles. The molecule has 76 valence electrons. The molecular weight excluding hydrogens is 192 g/mol. The van der Waals surface area contributed by atoms with Crippen LogP contribution in [0.3, 0.4) is 0 Å². The molecular formula is C11H10N2O2. The molecule has 1 aromatic carbocycles. The molecule has 15 heavy (non-hydrogen) atoms. The first kappa shape index (κ1) is 9.45. The highest BCUT2D eigenvalue weighted by Gasteiger charge is 2.12. The lowest BCUT2D eigenvalue weighted by Crippen LogP contribution is -2.04. The van der Waals surface area contributed by atoms with Gasteiger partial charge in [-0.3, -0.25) is 0 Å². The molecule has 0 radical (unpaired) electrons. The van der Waals surface area contributed by atoms with Crippen LogP contribution < -0.4 is 0 Å². The molecule has 0 atom stereocenters. The summed E-state index contributed by atoms with van der Waals surface area (Å²) in [6.07, 6.45) is 1.71. The maximum atomic E-state index is 10.8. The predicted octanol–water partition coefficient (Wildman–Crippen LogP) is 1.79. The van der Waals surface area contributed by atoms with E-state index in [1.54, 1.807) is 13.2 Å². The molecule has 0 spiro atoms. The molecule has 1 N–H and O–H groups in total. The summed E-state index contributed by atoms with van der Waals surface area (Å²) in [5.74, 6) is -0.964. The smallest absolute Gasteiger partial charge is 0.372 e. The molecule has 1 aromatic heterocycles. The topological polar surface area (TPSA) is 55.1 Å². The van der Waals surface area contributed by atoms with Crippen molar-refractivity contribution in [3.05, 3.63) is 42.4 Å². The van der Waals surface area contributed by atoms with Crippen molar-refractivity contribution < 1.29 is 9.90 Å². The number of rotatable bonds is 2. The highest BCUT2D eigenvalue weighted by atomic mass is 16.4. The van der Waals surface area contributed by atoms with E-state index in [9.17, 15) is 4.79 Å². The minimum absolute atomic E-state index is 0.0499. The molecule has 0 unspecified atom stereocenters. The van der Waals surface area contributed by atoms with Gasteiger partial charge in [-0.2, -0.15) is 0 Å². The number of imidazole rings is 1. The van der Waals surface area contributed by atoms with Gasteiger partial charge in [0.25, 0.3) is 0 Å². The monoisotopic (exact) mass is 202 g/mol. The third kappa shape index (κ3) is 1.74. The number of hydrogen-bond donors (Lipinski definition) is 1. The number of nitrogens with zero attached hydrogens (tertiary/aromatic N) is 2. The molecule has 1 heterocycles. The molecule has 0 aliphatic rings. The van der Waals surface area contributed by atoms with Crippen LogP contribution in [0.5, 0.6) is 0 Å². The highest BCUT2D eigenvalue weighted by molar-refractivity contribution is 5.84. The normalized spacial score (nSPS) is 10.2. The molecule has 0 bridgehead atoms. The van der Waals surface area contributed by atoms with Gasteiger partial charge < -0.3 is 9.67 Å². The summed E-state index contributed by atoms with van der Waals surface area (Å²) in [4.78, 5) is 14.8. The van der Waals surface area contributed by atoms with Crippen molar-refractivity contribution in [1.82, 2.24) is 9.55 Å². The number of aromatic nitrogens is 2. The van der Waals surface area contributed by atoms with Gasteiger partial charge in [0.2, 0.25) is 5.82 Å². The maximum absolute atomic E-state index is 10.8. The second-order valence-corrected chi connectivity index (χ2v) is 3.23. The fourth-order valence-corrected chi connectivity index (χ4v) is 1.41. The van der Waals surface area contributed by atoms with Crippen LogP contribution in [0, 0.1) is 0 Å². The molecule has 0 amide bonds. The van der Waals surface area contributed by atoms with Gasteiger partial charge in [0.15, 0.2) is 0 Å². The Balaban J connectivity index is 2.48. The Bertz CT molecular complexity index is 489. The van der Waals surface area contributed by atoms with Gasteiger partial charge in [-0.15, -0.1) is 0 Å². The van der Waals surface area contributed by atoms with Crippen LogP contribution in [0.25, 0.3) is 11.3 Å². The van der Waals surface area contributed by atoms with Crippen LogP contribution in [0.2, 0.25) is 0 Å². The molecule has 4 heteroatoms. The van der Waals surface area contributed by atoms with Gasteiger partial charge in [0.05, 0.1) is 5.69 Å². The molecule has 4 nitrogen and oxygen atoms in total. The van der Waals surface area contributed by atoms with Crippen LogP contribution >= 0.6 is 0 Å². The van der Waals surface area contributed by atoms with Crippen LogP contribution in [0.4, 0.5) is 0 Å². The van der Waals surface area contributed by atoms with Crippen molar-refractivity contribution in [1.29, 1.82) is 0 Å². The van der Waals surface area contributed by atoms with E-state index in [4.69, 9.17) is 5.11 Å². The van der Waals surface area contributed by atoms with Crippen LogP contribution in [-0.2, 0) is 7.05 Å². The number of carboxylic acid groups (broad SMARTS) is 1. The van der Waals surface area contributed by atoms with Crippen molar-refractivity contribution in [2.24, 2.45) is 7.05 Å². The summed E-state index contributed by atoms with van der Waals surface area (Å²) in [6, 6.07) is 9.49. The second-order valence-electron chi connectivity index (χ2n) is 3.23. The van der Waals surface area contributed by atoms with Crippen LogP contribution in [0.15, 0.2) is 36.5 Å². The molecule has 2 rings (SSSR count). The molecule has 0 fully saturated rings. The number of aryl methyl sites for hydroxylation is 1.